The van der Waals surface area contributed by atoms with Gasteiger partial charge in [-0.1, -0.05) is 19.3 Å². The molecule has 0 aromatic carbocycles. The van der Waals surface area contributed by atoms with Gasteiger partial charge >= 0.3 is 0 Å². The van der Waals surface area contributed by atoms with Gasteiger partial charge in [0.25, 0.3) is 0 Å². The highest BCUT2D eigenvalue weighted by atomic mass is 16.5. The minimum Gasteiger partial charge on any atom is -0.462 e. The summed E-state index contributed by atoms with van der Waals surface area (Å²) in [6.07, 6.45) is 5.42. The molecule has 1 aromatic rings. The van der Waals surface area contributed by atoms with E-state index in [2.05, 4.69) is 18.3 Å². The van der Waals surface area contributed by atoms with Gasteiger partial charge in [-0.05, 0) is 37.9 Å². The number of nitrogens with one attached hydrogen (secondary N) is 1. The predicted molar refractivity (Wildman–Crippen MR) is 67.8 cm³/mol. The normalized spacial score (nSPS) is 16.1. The van der Waals surface area contributed by atoms with Gasteiger partial charge in [0.05, 0.1) is 6.54 Å². The van der Waals surface area contributed by atoms with Gasteiger partial charge in [0.15, 0.2) is 0 Å². The molecule has 3 nitrogen and oxygen atoms in total. The van der Waals surface area contributed by atoms with Gasteiger partial charge in [-0.15, -0.1) is 0 Å². The summed E-state index contributed by atoms with van der Waals surface area (Å²) in [4.78, 5) is 0. The third kappa shape index (κ3) is 3.58. The van der Waals surface area contributed by atoms with Crippen molar-refractivity contribution in [3.05, 3.63) is 23.2 Å². The molecule has 1 aliphatic rings. The molecule has 0 amide bonds. The molecule has 0 bridgehead atoms. The second-order valence-electron chi connectivity index (χ2n) is 4.99. The van der Waals surface area contributed by atoms with Crippen molar-refractivity contribution in [1.82, 2.24) is 5.32 Å². The quantitative estimate of drug-likeness (QED) is 0.740. The topological polar surface area (TPSA) is 34.4 Å². The largest absolute Gasteiger partial charge is 0.462 e. The summed E-state index contributed by atoms with van der Waals surface area (Å²) in [6, 6.07) is 2.08. The van der Waals surface area contributed by atoms with E-state index in [1.54, 1.807) is 0 Å². The van der Waals surface area contributed by atoms with E-state index in [1.807, 2.05) is 7.05 Å². The van der Waals surface area contributed by atoms with Gasteiger partial charge in [0.1, 0.15) is 18.1 Å². The van der Waals surface area contributed by atoms with Gasteiger partial charge in [-0.25, -0.2) is 0 Å². The first-order valence-corrected chi connectivity index (χ1v) is 6.60. The van der Waals surface area contributed by atoms with Crippen molar-refractivity contribution in [2.75, 3.05) is 13.7 Å². The van der Waals surface area contributed by atoms with Crippen LogP contribution in [0.2, 0.25) is 0 Å². The first-order chi connectivity index (χ1) is 8.29. The summed E-state index contributed by atoms with van der Waals surface area (Å²) in [5.41, 5.74) is 1.21. The highest BCUT2D eigenvalue weighted by molar-refractivity contribution is 5.19. The minimum absolute atomic E-state index is 0.608. The smallest absolute Gasteiger partial charge is 0.130 e. The lowest BCUT2D eigenvalue weighted by molar-refractivity contribution is 0.0829. The Morgan fingerprint density at radius 1 is 1.47 bits per heavy atom. The molecule has 1 aromatic heterocycles. The van der Waals surface area contributed by atoms with Crippen LogP contribution in [0.15, 0.2) is 10.5 Å². The van der Waals surface area contributed by atoms with E-state index in [1.165, 1.54) is 31.2 Å². The Bertz CT molecular complexity index is 342. The van der Waals surface area contributed by atoms with E-state index < -0.39 is 0 Å². The molecule has 3 heteroatoms. The van der Waals surface area contributed by atoms with Crippen LogP contribution in [0.1, 0.15) is 42.8 Å². The summed E-state index contributed by atoms with van der Waals surface area (Å²) in [6.45, 7) is 4.34. The van der Waals surface area contributed by atoms with Crippen LogP contribution in [0, 0.1) is 12.8 Å². The number of aryl methyl sites for hydroxylation is 1. The zero-order chi connectivity index (χ0) is 12.1. The molecule has 0 aliphatic heterocycles. The van der Waals surface area contributed by atoms with E-state index in [4.69, 9.17) is 9.15 Å². The van der Waals surface area contributed by atoms with Crippen molar-refractivity contribution in [3.63, 3.8) is 0 Å². The molecule has 0 unspecified atom stereocenters. The fraction of sp³-hybridized carbons (Fsp3) is 0.714. The average molecular weight is 237 g/mol. The molecule has 96 valence electrons. The number of ether oxygens (including phenoxy) is 1. The lowest BCUT2D eigenvalue weighted by atomic mass is 9.83. The van der Waals surface area contributed by atoms with Crippen molar-refractivity contribution in [1.29, 1.82) is 0 Å². The second-order valence-corrected chi connectivity index (χ2v) is 4.99. The first-order valence-electron chi connectivity index (χ1n) is 6.60. The molecule has 1 aliphatic carbocycles. The molecule has 0 saturated heterocycles. The highest BCUT2D eigenvalue weighted by Gasteiger charge is 2.16. The van der Waals surface area contributed by atoms with E-state index in [-0.39, 0.29) is 0 Å². The molecule has 1 N–H and O–H groups in total. The van der Waals surface area contributed by atoms with Crippen molar-refractivity contribution in [2.24, 2.45) is 5.92 Å². The lowest BCUT2D eigenvalue weighted by Gasteiger charge is -2.24. The summed E-state index contributed by atoms with van der Waals surface area (Å²) in [5.74, 6) is 2.89. The van der Waals surface area contributed by atoms with E-state index in [0.717, 1.165) is 30.6 Å². The zero-order valence-corrected chi connectivity index (χ0v) is 10.9. The van der Waals surface area contributed by atoms with Crippen LogP contribution >= 0.6 is 0 Å². The summed E-state index contributed by atoms with van der Waals surface area (Å²) in [5, 5.41) is 3.10. The monoisotopic (exact) mass is 237 g/mol. The fourth-order valence-corrected chi connectivity index (χ4v) is 2.20. The predicted octanol–water partition coefficient (Wildman–Crippen LogP) is 3.01. The van der Waals surface area contributed by atoms with Gasteiger partial charge in [0, 0.05) is 6.61 Å². The van der Waals surface area contributed by atoms with Crippen molar-refractivity contribution in [3.8, 4) is 0 Å². The highest BCUT2D eigenvalue weighted by Crippen LogP contribution is 2.29. The van der Waals surface area contributed by atoms with Crippen molar-refractivity contribution in [2.45, 2.75) is 45.8 Å². The average Bonchev–Trinajstić information content (AvgIpc) is 2.57. The van der Waals surface area contributed by atoms with Gasteiger partial charge in [-0.2, -0.15) is 0 Å². The first kappa shape index (κ1) is 12.7. The Morgan fingerprint density at radius 2 is 2.29 bits per heavy atom. The molecule has 2 rings (SSSR count). The van der Waals surface area contributed by atoms with Gasteiger partial charge in [-0.3, -0.25) is 0 Å². The van der Waals surface area contributed by atoms with Crippen LogP contribution in [-0.4, -0.2) is 13.7 Å². The van der Waals surface area contributed by atoms with Crippen LogP contribution in [0.5, 0.6) is 0 Å². The fourth-order valence-electron chi connectivity index (χ4n) is 2.20. The third-order valence-corrected chi connectivity index (χ3v) is 3.55. The number of rotatable bonds is 7. The summed E-state index contributed by atoms with van der Waals surface area (Å²) in [7, 11) is 1.93. The maximum atomic E-state index is 5.71. The summed E-state index contributed by atoms with van der Waals surface area (Å²) < 4.78 is 11.4. The van der Waals surface area contributed by atoms with Crippen LogP contribution < -0.4 is 5.32 Å². The molecule has 1 heterocycles. The van der Waals surface area contributed by atoms with E-state index in [9.17, 15) is 0 Å². The number of hydrogen-bond acceptors (Lipinski definition) is 3. The van der Waals surface area contributed by atoms with Crippen LogP contribution in [0.4, 0.5) is 0 Å². The maximum Gasteiger partial charge on any atom is 0.130 e. The van der Waals surface area contributed by atoms with E-state index >= 15 is 0 Å². The SMILES string of the molecule is CNCc1oc(COCCC2CCC2)cc1C. The van der Waals surface area contributed by atoms with Gasteiger partial charge in [0.2, 0.25) is 0 Å². The van der Waals surface area contributed by atoms with Crippen LogP contribution in [0.25, 0.3) is 0 Å². The number of furan rings is 1. The Kier molecular flexibility index (Phi) is 4.63. The molecule has 17 heavy (non-hydrogen) atoms. The van der Waals surface area contributed by atoms with Crippen LogP contribution in [0.3, 0.4) is 0 Å². The Hall–Kier alpha value is -0.800. The molecule has 1 saturated carbocycles. The Labute approximate surface area is 104 Å². The lowest BCUT2D eigenvalue weighted by Crippen LogP contribution is -2.13. The van der Waals surface area contributed by atoms with Gasteiger partial charge < -0.3 is 14.5 Å². The molecule has 0 atom stereocenters. The molecular weight excluding hydrogens is 214 g/mol. The molecule has 1 fully saturated rings. The number of hydrogen-bond donors (Lipinski definition) is 1. The Balaban J connectivity index is 1.68. The third-order valence-electron chi connectivity index (χ3n) is 3.55. The molecule has 0 spiro atoms. The van der Waals surface area contributed by atoms with Crippen molar-refractivity contribution >= 4 is 0 Å². The maximum absolute atomic E-state index is 5.71. The van der Waals surface area contributed by atoms with Crippen molar-refractivity contribution < 1.29 is 9.15 Å². The van der Waals surface area contributed by atoms with Crippen LogP contribution in [-0.2, 0) is 17.9 Å². The molecular formula is C14H23NO2. The standard InChI is InChI=1S/C14H23NO2/c1-11-8-13(17-14(11)9-15-2)10-16-7-6-12-4-3-5-12/h8,12,15H,3-7,9-10H2,1-2H3. The summed E-state index contributed by atoms with van der Waals surface area (Å²) >= 11 is 0. The van der Waals surface area contributed by atoms with E-state index in [0.29, 0.717) is 6.61 Å². The zero-order valence-electron chi connectivity index (χ0n) is 10.9. The second kappa shape index (κ2) is 6.22. The minimum atomic E-state index is 0.608. The Morgan fingerprint density at radius 3 is 2.94 bits per heavy atom. The molecule has 0 radical (unpaired) electrons.